The first-order valence-corrected chi connectivity index (χ1v) is 6.09. The molecule has 0 radical (unpaired) electrons. The Hall–Kier alpha value is 0.240. The largest absolute Gasteiger partial charge is 0.370 e. The normalized spacial score (nSPS) is 32.0. The summed E-state index contributed by atoms with van der Waals surface area (Å²) in [7, 11) is 0. The van der Waals surface area contributed by atoms with Crippen LogP contribution in [0, 0.1) is 5.92 Å². The standard InChI is InChI=1S/C9H15NS2/c11-9-10-6-8(12-9)7-4-2-1-3-5-7/h7-8H,1-6H2,(H,10,11). The molecule has 0 amide bonds. The summed E-state index contributed by atoms with van der Waals surface area (Å²) in [5.41, 5.74) is 0. The number of nitrogens with one attached hydrogen (secondary N) is 1. The molecule has 0 aromatic heterocycles. The van der Waals surface area contributed by atoms with Gasteiger partial charge in [-0.3, -0.25) is 0 Å². The smallest absolute Gasteiger partial charge is 0.134 e. The van der Waals surface area contributed by atoms with E-state index in [1.54, 1.807) is 0 Å². The maximum atomic E-state index is 5.12. The van der Waals surface area contributed by atoms with Gasteiger partial charge >= 0.3 is 0 Å². The van der Waals surface area contributed by atoms with Gasteiger partial charge in [-0.15, -0.1) is 0 Å². The van der Waals surface area contributed by atoms with E-state index in [0.29, 0.717) is 0 Å². The highest BCUT2D eigenvalue weighted by Crippen LogP contribution is 2.34. The number of thioether (sulfide) groups is 1. The average Bonchev–Trinajstić information content (AvgIpc) is 2.54. The van der Waals surface area contributed by atoms with E-state index in [9.17, 15) is 0 Å². The van der Waals surface area contributed by atoms with E-state index < -0.39 is 0 Å². The Morgan fingerprint density at radius 3 is 2.58 bits per heavy atom. The van der Waals surface area contributed by atoms with Crippen LogP contribution in [0.2, 0.25) is 0 Å². The molecule has 0 aromatic rings. The fraction of sp³-hybridized carbons (Fsp3) is 0.889. The fourth-order valence-corrected chi connectivity index (χ4v) is 3.70. The molecule has 1 N–H and O–H groups in total. The van der Waals surface area contributed by atoms with Gasteiger partial charge in [0.05, 0.1) is 0 Å². The van der Waals surface area contributed by atoms with Crippen LogP contribution in [0.3, 0.4) is 0 Å². The SMILES string of the molecule is S=C1NCC(C2CCCCC2)S1. The Morgan fingerprint density at radius 1 is 1.25 bits per heavy atom. The van der Waals surface area contributed by atoms with Crippen molar-refractivity contribution in [1.29, 1.82) is 0 Å². The summed E-state index contributed by atoms with van der Waals surface area (Å²) in [5.74, 6) is 0.941. The van der Waals surface area contributed by atoms with Gasteiger partial charge in [0.25, 0.3) is 0 Å². The molecule has 2 rings (SSSR count). The number of rotatable bonds is 1. The molecule has 2 aliphatic rings. The lowest BCUT2D eigenvalue weighted by molar-refractivity contribution is 0.350. The zero-order valence-electron chi connectivity index (χ0n) is 7.21. The van der Waals surface area contributed by atoms with Gasteiger partial charge in [0.2, 0.25) is 0 Å². The van der Waals surface area contributed by atoms with E-state index in [1.165, 1.54) is 32.1 Å². The van der Waals surface area contributed by atoms with Gasteiger partial charge in [0, 0.05) is 11.8 Å². The molecule has 1 aliphatic carbocycles. The van der Waals surface area contributed by atoms with Crippen molar-refractivity contribution < 1.29 is 0 Å². The lowest BCUT2D eigenvalue weighted by Crippen LogP contribution is -2.24. The van der Waals surface area contributed by atoms with Crippen LogP contribution < -0.4 is 5.32 Å². The Morgan fingerprint density at radius 2 is 2.00 bits per heavy atom. The Labute approximate surface area is 83.7 Å². The third-order valence-electron chi connectivity index (χ3n) is 2.88. The maximum absolute atomic E-state index is 5.12. The molecular weight excluding hydrogens is 186 g/mol. The summed E-state index contributed by atoms with van der Waals surface area (Å²) < 4.78 is 1.02. The van der Waals surface area contributed by atoms with E-state index in [-0.39, 0.29) is 0 Å². The van der Waals surface area contributed by atoms with Gasteiger partial charge < -0.3 is 5.32 Å². The second kappa shape index (κ2) is 3.97. The monoisotopic (exact) mass is 201 g/mol. The minimum Gasteiger partial charge on any atom is -0.370 e. The molecule has 12 heavy (non-hydrogen) atoms. The fourth-order valence-electron chi connectivity index (χ4n) is 2.17. The Bertz CT molecular complexity index is 175. The van der Waals surface area contributed by atoms with Crippen LogP contribution >= 0.6 is 24.0 Å². The maximum Gasteiger partial charge on any atom is 0.134 e. The topological polar surface area (TPSA) is 12.0 Å². The number of hydrogen-bond acceptors (Lipinski definition) is 2. The minimum absolute atomic E-state index is 0.790. The van der Waals surface area contributed by atoms with Crippen molar-refractivity contribution in [3.8, 4) is 0 Å². The molecule has 0 spiro atoms. The summed E-state index contributed by atoms with van der Waals surface area (Å²) in [6.07, 6.45) is 7.19. The molecule has 0 aromatic carbocycles. The van der Waals surface area contributed by atoms with E-state index in [1.807, 2.05) is 11.8 Å². The van der Waals surface area contributed by atoms with Crippen molar-refractivity contribution in [2.45, 2.75) is 37.4 Å². The quantitative estimate of drug-likeness (QED) is 0.655. The van der Waals surface area contributed by atoms with Crippen LogP contribution in [0.4, 0.5) is 0 Å². The van der Waals surface area contributed by atoms with Gasteiger partial charge in [-0.2, -0.15) is 0 Å². The third-order valence-corrected chi connectivity index (χ3v) is 4.53. The molecule has 1 saturated carbocycles. The molecule has 1 nitrogen and oxygen atoms in total. The van der Waals surface area contributed by atoms with Crippen molar-refractivity contribution in [1.82, 2.24) is 5.32 Å². The van der Waals surface area contributed by atoms with Gasteiger partial charge in [-0.05, 0) is 18.8 Å². The van der Waals surface area contributed by atoms with Crippen LogP contribution in [0.25, 0.3) is 0 Å². The highest BCUT2D eigenvalue weighted by atomic mass is 32.2. The first kappa shape index (κ1) is 8.82. The highest BCUT2D eigenvalue weighted by Gasteiger charge is 2.28. The predicted octanol–water partition coefficient (Wildman–Crippen LogP) is 2.56. The molecule has 0 bridgehead atoms. The van der Waals surface area contributed by atoms with Crippen LogP contribution in [0.5, 0.6) is 0 Å². The predicted molar refractivity (Wildman–Crippen MR) is 58.6 cm³/mol. The van der Waals surface area contributed by atoms with Crippen LogP contribution in [-0.2, 0) is 0 Å². The number of thiocarbonyl (C=S) groups is 1. The number of hydrogen-bond donors (Lipinski definition) is 1. The molecule has 3 heteroatoms. The lowest BCUT2D eigenvalue weighted by Gasteiger charge is -2.25. The zero-order valence-corrected chi connectivity index (χ0v) is 8.85. The van der Waals surface area contributed by atoms with E-state index in [0.717, 1.165) is 22.0 Å². The van der Waals surface area contributed by atoms with E-state index in [2.05, 4.69) is 5.32 Å². The zero-order chi connectivity index (χ0) is 8.39. The molecule has 1 atom stereocenters. The van der Waals surface area contributed by atoms with Crippen molar-refractivity contribution in [3.63, 3.8) is 0 Å². The van der Waals surface area contributed by atoms with E-state index >= 15 is 0 Å². The summed E-state index contributed by atoms with van der Waals surface area (Å²) in [6.45, 7) is 1.12. The first-order valence-electron chi connectivity index (χ1n) is 4.81. The second-order valence-electron chi connectivity index (χ2n) is 3.72. The Balaban J connectivity index is 1.86. The van der Waals surface area contributed by atoms with Gasteiger partial charge in [-0.1, -0.05) is 43.2 Å². The van der Waals surface area contributed by atoms with Crippen molar-refractivity contribution in [3.05, 3.63) is 0 Å². The first-order chi connectivity index (χ1) is 5.86. The van der Waals surface area contributed by atoms with Gasteiger partial charge in [0.15, 0.2) is 0 Å². The molecule has 1 saturated heterocycles. The molecule has 1 aliphatic heterocycles. The highest BCUT2D eigenvalue weighted by molar-refractivity contribution is 8.23. The molecule has 1 heterocycles. The summed E-state index contributed by atoms with van der Waals surface area (Å²) in [5, 5.41) is 4.05. The summed E-state index contributed by atoms with van der Waals surface area (Å²) in [4.78, 5) is 0. The third kappa shape index (κ3) is 1.94. The Kier molecular flexibility index (Phi) is 2.92. The van der Waals surface area contributed by atoms with Crippen LogP contribution in [0.1, 0.15) is 32.1 Å². The van der Waals surface area contributed by atoms with Crippen LogP contribution in [0.15, 0.2) is 0 Å². The van der Waals surface area contributed by atoms with Crippen molar-refractivity contribution in [2.24, 2.45) is 5.92 Å². The molecular formula is C9H15NS2. The van der Waals surface area contributed by atoms with Crippen molar-refractivity contribution in [2.75, 3.05) is 6.54 Å². The minimum atomic E-state index is 0.790. The molecule has 1 unspecified atom stereocenters. The molecule has 68 valence electrons. The molecule has 2 fully saturated rings. The lowest BCUT2D eigenvalue weighted by atomic mass is 9.87. The summed E-state index contributed by atoms with van der Waals surface area (Å²) in [6, 6.07) is 0. The second-order valence-corrected chi connectivity index (χ2v) is 5.64. The summed E-state index contributed by atoms with van der Waals surface area (Å²) >= 11 is 7.01. The van der Waals surface area contributed by atoms with Gasteiger partial charge in [0.1, 0.15) is 4.32 Å². The van der Waals surface area contributed by atoms with Crippen molar-refractivity contribution >= 4 is 28.3 Å². The van der Waals surface area contributed by atoms with Crippen LogP contribution in [-0.4, -0.2) is 16.1 Å². The average molecular weight is 201 g/mol. The van der Waals surface area contributed by atoms with Gasteiger partial charge in [-0.25, -0.2) is 0 Å². The van der Waals surface area contributed by atoms with E-state index in [4.69, 9.17) is 12.2 Å².